The number of ketones is 1. The average Bonchev–Trinajstić information content (AvgIpc) is 3.27. The van der Waals surface area contributed by atoms with E-state index in [0.717, 1.165) is 0 Å². The zero-order valence-electron chi connectivity index (χ0n) is 29.3. The lowest BCUT2D eigenvalue weighted by molar-refractivity contribution is -0.300. The molecule has 2 bridgehead atoms. The van der Waals surface area contributed by atoms with E-state index in [-0.39, 0.29) is 61.2 Å². The second-order valence-electron chi connectivity index (χ2n) is 15.3. The molecule has 0 spiro atoms. The van der Waals surface area contributed by atoms with Crippen LogP contribution in [-0.2, 0) is 38.1 Å². The molecule has 11 heteroatoms. The lowest BCUT2D eigenvalue weighted by Gasteiger charge is -2.49. The Morgan fingerprint density at radius 3 is 2.38 bits per heavy atom. The number of carbonyl (C=O) groups is 3. The maximum absolute atomic E-state index is 14.5. The fourth-order valence-corrected chi connectivity index (χ4v) is 8.59. The van der Waals surface area contributed by atoms with E-state index in [0.29, 0.717) is 25.8 Å². The van der Waals surface area contributed by atoms with E-state index >= 15 is 0 Å². The van der Waals surface area contributed by atoms with Crippen LogP contribution >= 0.6 is 0 Å². The molecule has 0 aliphatic carbocycles. The lowest BCUT2D eigenvalue weighted by Crippen LogP contribution is -2.61. The molecule has 0 aromatic carbocycles. The maximum Gasteiger partial charge on any atom is 0.319 e. The van der Waals surface area contributed by atoms with Crippen LogP contribution in [0.2, 0.25) is 0 Å². The number of aliphatic hydroxyl groups is 1. The summed E-state index contributed by atoms with van der Waals surface area (Å²) in [7, 11) is 5.87. The first-order valence-electron chi connectivity index (χ1n) is 16.8. The summed E-state index contributed by atoms with van der Waals surface area (Å²) in [6, 6.07) is -0.254. The van der Waals surface area contributed by atoms with E-state index in [1.807, 2.05) is 53.7 Å². The van der Waals surface area contributed by atoms with Crippen LogP contribution in [0, 0.1) is 23.2 Å². The quantitative estimate of drug-likeness (QED) is 0.361. The molecule has 5 fully saturated rings. The first kappa shape index (κ1) is 36.2. The third-order valence-electron chi connectivity index (χ3n) is 11.4. The minimum absolute atomic E-state index is 0.0618. The topological polar surface area (TPSA) is 124 Å². The normalized spacial score (nSPS) is 47.4. The van der Waals surface area contributed by atoms with Gasteiger partial charge in [-0.25, -0.2) is 0 Å². The molecular weight excluding hydrogens is 580 g/mol. The summed E-state index contributed by atoms with van der Waals surface area (Å²) in [5, 5.41) is 11.4. The number of ether oxygens (including phenoxy) is 5. The van der Waals surface area contributed by atoms with Crippen molar-refractivity contribution < 1.29 is 43.2 Å². The average molecular weight is 639 g/mol. The van der Waals surface area contributed by atoms with Crippen LogP contribution in [0.25, 0.3) is 0 Å². The van der Waals surface area contributed by atoms with Gasteiger partial charge in [-0.3, -0.25) is 14.4 Å². The van der Waals surface area contributed by atoms with E-state index in [1.165, 1.54) is 0 Å². The Kier molecular flexibility index (Phi) is 10.8. The van der Waals surface area contributed by atoms with Crippen molar-refractivity contribution in [3.05, 3.63) is 0 Å². The molecule has 11 nitrogen and oxygen atoms in total. The van der Waals surface area contributed by atoms with Gasteiger partial charge in [-0.2, -0.15) is 0 Å². The molecule has 5 aliphatic heterocycles. The number of carbonyl (C=O) groups excluding carboxylic acids is 3. The summed E-state index contributed by atoms with van der Waals surface area (Å²) in [5.74, 6) is -2.17. The Morgan fingerprint density at radius 1 is 1.09 bits per heavy atom. The Labute approximate surface area is 269 Å². The lowest BCUT2D eigenvalue weighted by atomic mass is 9.70. The van der Waals surface area contributed by atoms with Crippen LogP contribution in [0.3, 0.4) is 0 Å². The molecule has 0 aromatic rings. The van der Waals surface area contributed by atoms with E-state index < -0.39 is 53.1 Å². The van der Waals surface area contributed by atoms with Gasteiger partial charge in [0.2, 0.25) is 0 Å². The van der Waals surface area contributed by atoms with Crippen molar-refractivity contribution in [3.8, 4) is 0 Å². The van der Waals surface area contributed by atoms with Crippen molar-refractivity contribution in [1.29, 1.82) is 0 Å². The minimum atomic E-state index is -1.52. The molecule has 5 rings (SSSR count). The van der Waals surface area contributed by atoms with Crippen molar-refractivity contribution in [2.24, 2.45) is 23.2 Å². The van der Waals surface area contributed by atoms with Crippen LogP contribution in [0.15, 0.2) is 0 Å². The highest BCUT2D eigenvalue weighted by molar-refractivity contribution is 6.04. The van der Waals surface area contributed by atoms with Crippen LogP contribution in [0.1, 0.15) is 87.5 Å². The second-order valence-corrected chi connectivity index (χ2v) is 15.3. The van der Waals surface area contributed by atoms with Gasteiger partial charge in [-0.15, -0.1) is 0 Å². The summed E-state index contributed by atoms with van der Waals surface area (Å²) in [6.45, 7) is 16.1. The number of hydrogen-bond donors (Lipinski definition) is 1. The maximum atomic E-state index is 14.5. The molecule has 0 amide bonds. The van der Waals surface area contributed by atoms with Crippen molar-refractivity contribution >= 4 is 17.7 Å². The summed E-state index contributed by atoms with van der Waals surface area (Å²) in [6.07, 6.45) is -1.69. The van der Waals surface area contributed by atoms with Gasteiger partial charge in [0.15, 0.2) is 17.7 Å². The number of hydrogen-bond acceptors (Lipinski definition) is 11. The van der Waals surface area contributed by atoms with Gasteiger partial charge < -0.3 is 38.6 Å². The van der Waals surface area contributed by atoms with Gasteiger partial charge in [0.1, 0.15) is 17.6 Å². The number of rotatable bonds is 4. The fraction of sp³-hybridized carbons (Fsp3) is 0.912. The predicted molar refractivity (Wildman–Crippen MR) is 167 cm³/mol. The largest absolute Gasteiger partial charge is 0.457 e. The Bertz CT molecular complexity index is 1100. The van der Waals surface area contributed by atoms with Crippen LogP contribution in [0.5, 0.6) is 0 Å². The molecule has 3 unspecified atom stereocenters. The molecule has 13 atom stereocenters. The Morgan fingerprint density at radius 2 is 1.76 bits per heavy atom. The highest BCUT2D eigenvalue weighted by atomic mass is 16.7. The molecule has 1 N–H and O–H groups in total. The number of fused-ring (bicyclic) bond motifs is 10. The van der Waals surface area contributed by atoms with Crippen LogP contribution in [0.4, 0.5) is 0 Å². The number of esters is 2. The second kappa shape index (κ2) is 13.5. The van der Waals surface area contributed by atoms with Gasteiger partial charge in [-0.1, -0.05) is 20.8 Å². The molecule has 0 aromatic heterocycles. The first-order chi connectivity index (χ1) is 20.9. The van der Waals surface area contributed by atoms with Crippen LogP contribution < -0.4 is 0 Å². The molecule has 5 aliphatic rings. The number of likely N-dealkylation sites (N-methyl/N-ethyl adjacent to an activating group) is 1. The van der Waals surface area contributed by atoms with Gasteiger partial charge >= 0.3 is 11.9 Å². The van der Waals surface area contributed by atoms with Crippen LogP contribution in [-0.4, -0.2) is 121 Å². The predicted octanol–water partition coefficient (Wildman–Crippen LogP) is 3.19. The number of Topliss-reactive ketones (excluding diaryl/α,β-unsaturated/α-hetero) is 1. The number of nitrogens with zero attached hydrogens (tertiary/aromatic N) is 2. The SMILES string of the molecule is CC[C@H]1OC(=O)[C@@]2(C)CCO[C@@](C)(C[C@@H](C)CN(C)[C@H](C)[C@H]3CC(=O)O[C@@]31C)[C@H](O[C@@H]1OC(C)CC(N(C)C)C1O)[C@@H](C)C2=O. The monoisotopic (exact) mass is 638 g/mol. The summed E-state index contributed by atoms with van der Waals surface area (Å²) >= 11 is 0. The zero-order valence-corrected chi connectivity index (χ0v) is 29.3. The summed E-state index contributed by atoms with van der Waals surface area (Å²) in [5.41, 5.74) is -3.50. The molecule has 5 heterocycles. The van der Waals surface area contributed by atoms with Gasteiger partial charge in [0.25, 0.3) is 0 Å². The van der Waals surface area contributed by atoms with E-state index in [2.05, 4.69) is 18.7 Å². The molecule has 0 saturated carbocycles. The van der Waals surface area contributed by atoms with Crippen molar-refractivity contribution in [2.75, 3.05) is 34.3 Å². The minimum Gasteiger partial charge on any atom is -0.457 e. The van der Waals surface area contributed by atoms with Crippen molar-refractivity contribution in [2.45, 2.75) is 141 Å². The third-order valence-corrected chi connectivity index (χ3v) is 11.4. The first-order valence-corrected chi connectivity index (χ1v) is 16.8. The van der Waals surface area contributed by atoms with E-state index in [4.69, 9.17) is 23.7 Å². The van der Waals surface area contributed by atoms with Gasteiger partial charge in [-0.05, 0) is 87.4 Å². The summed E-state index contributed by atoms with van der Waals surface area (Å²) < 4.78 is 31.7. The van der Waals surface area contributed by atoms with Gasteiger partial charge in [0.05, 0.1) is 24.2 Å². The third kappa shape index (κ3) is 6.85. The van der Waals surface area contributed by atoms with Crippen molar-refractivity contribution in [3.63, 3.8) is 0 Å². The Balaban J connectivity index is 1.78. The molecule has 258 valence electrons. The standard InChI is InChI=1S/C34H58N2O9/c1-12-25-34(8)23(16-26(37)45-34)22(5)36(11)18-19(2)17-33(7)29(44-30-27(38)24(35(9)10)15-20(3)42-30)21(4)28(39)32(6,13-14-41-33)31(40)43-25/h19-25,27,29-30,38H,12-18H2,1-11H3/t19-,20?,21+,22-,23-,24?,25-,27?,29-,30+,32+,33+,34+/m1/s1. The fourth-order valence-electron chi connectivity index (χ4n) is 8.59. The zero-order chi connectivity index (χ0) is 33.6. The number of aliphatic hydroxyl groups excluding tert-OH is 1. The molecular formula is C34H58N2O9. The molecule has 0 radical (unpaired) electrons. The molecule has 5 saturated heterocycles. The smallest absolute Gasteiger partial charge is 0.319 e. The van der Waals surface area contributed by atoms with Crippen molar-refractivity contribution in [1.82, 2.24) is 9.80 Å². The highest BCUT2D eigenvalue weighted by Crippen LogP contribution is 2.45. The summed E-state index contributed by atoms with van der Waals surface area (Å²) in [4.78, 5) is 45.6. The molecule has 45 heavy (non-hydrogen) atoms. The van der Waals surface area contributed by atoms with Gasteiger partial charge in [0, 0.05) is 37.1 Å². The highest BCUT2D eigenvalue weighted by Gasteiger charge is 2.58. The van der Waals surface area contributed by atoms with E-state index in [9.17, 15) is 19.5 Å². The van der Waals surface area contributed by atoms with E-state index in [1.54, 1.807) is 13.8 Å². The Hall–Kier alpha value is -1.63.